The Bertz CT molecular complexity index is 583. The molecule has 0 bridgehead atoms. The van der Waals surface area contributed by atoms with Crippen LogP contribution in [0.2, 0.25) is 0 Å². The second-order valence-electron chi connectivity index (χ2n) is 11.0. The minimum Gasteiger partial charge on any atom is -0.444 e. The first-order valence-electron chi connectivity index (χ1n) is 12.1. The quantitative estimate of drug-likeness (QED) is 0.569. The number of carbonyl (C=O) groups is 2. The van der Waals surface area contributed by atoms with Crippen molar-refractivity contribution in [3.8, 4) is 0 Å². The van der Waals surface area contributed by atoms with Gasteiger partial charge in [-0.05, 0) is 74.7 Å². The molecule has 0 aliphatic carbocycles. The van der Waals surface area contributed by atoms with Gasteiger partial charge in [-0.3, -0.25) is 0 Å². The van der Waals surface area contributed by atoms with Crippen LogP contribution in [0.1, 0.15) is 87.5 Å². The molecule has 1 aliphatic rings. The number of carbonyl (C=O) groups excluding carboxylic acids is 2. The zero-order valence-electron chi connectivity index (χ0n) is 21.6. The minimum atomic E-state index is -0.631. The summed E-state index contributed by atoms with van der Waals surface area (Å²) in [6.07, 6.45) is 3.74. The molecule has 32 heavy (non-hydrogen) atoms. The molecule has 188 valence electrons. The number of aliphatic hydroxyl groups excluding tert-OH is 1. The first kappa shape index (κ1) is 28.5. The number of nitrogens with zero attached hydrogens (tertiary/aromatic N) is 2. The summed E-state index contributed by atoms with van der Waals surface area (Å²) in [5.41, 5.74) is -1.09. The highest BCUT2D eigenvalue weighted by Gasteiger charge is 2.30. The molecule has 1 rings (SSSR count). The van der Waals surface area contributed by atoms with E-state index in [1.165, 1.54) is 4.90 Å². The normalized spacial score (nSPS) is 19.7. The van der Waals surface area contributed by atoms with Crippen LogP contribution in [0.4, 0.5) is 9.59 Å². The van der Waals surface area contributed by atoms with E-state index in [4.69, 9.17) is 9.47 Å². The predicted octanol–water partition coefficient (Wildman–Crippen LogP) is 4.15. The molecule has 1 aliphatic heterocycles. The van der Waals surface area contributed by atoms with E-state index in [-0.39, 0.29) is 24.7 Å². The molecule has 0 saturated carbocycles. The van der Waals surface area contributed by atoms with Gasteiger partial charge in [0.1, 0.15) is 11.2 Å². The average Bonchev–Trinajstić information content (AvgIpc) is 2.83. The van der Waals surface area contributed by atoms with Crippen molar-refractivity contribution < 1.29 is 24.2 Å². The van der Waals surface area contributed by atoms with E-state index in [0.717, 1.165) is 38.6 Å². The van der Waals surface area contributed by atoms with Crippen molar-refractivity contribution in [2.24, 2.45) is 0 Å². The molecule has 2 amide bonds. The number of hydrogen-bond acceptors (Lipinski definition) is 6. The number of nitrogens with one attached hydrogen (secondary N) is 1. The van der Waals surface area contributed by atoms with E-state index in [2.05, 4.69) is 12.2 Å². The highest BCUT2D eigenvalue weighted by Crippen LogP contribution is 2.23. The summed E-state index contributed by atoms with van der Waals surface area (Å²) in [4.78, 5) is 28.7. The summed E-state index contributed by atoms with van der Waals surface area (Å²) < 4.78 is 11.1. The predicted molar refractivity (Wildman–Crippen MR) is 127 cm³/mol. The van der Waals surface area contributed by atoms with Crippen molar-refractivity contribution in [2.75, 3.05) is 26.2 Å². The maximum Gasteiger partial charge on any atom is 0.410 e. The largest absolute Gasteiger partial charge is 0.444 e. The van der Waals surface area contributed by atoms with Crippen molar-refractivity contribution in [1.82, 2.24) is 15.1 Å². The number of amides is 2. The Morgan fingerprint density at radius 1 is 1.06 bits per heavy atom. The standard InChI is InChI=1S/C24H47N3O5/c1-18(25-13-15-26(17-19(2)28)21(29)31-23(3,4)5)16-20-12-10-9-11-14-27(20)22(30)32-24(6,7)8/h18-20,25,28H,9-17H2,1-8H3. The van der Waals surface area contributed by atoms with Crippen molar-refractivity contribution >= 4 is 12.2 Å². The Hall–Kier alpha value is -1.54. The number of likely N-dealkylation sites (tertiary alicyclic amines) is 1. The molecule has 1 saturated heterocycles. The van der Waals surface area contributed by atoms with Crippen LogP contribution in [0.5, 0.6) is 0 Å². The van der Waals surface area contributed by atoms with Crippen molar-refractivity contribution in [3.05, 3.63) is 0 Å². The molecule has 2 N–H and O–H groups in total. The summed E-state index contributed by atoms with van der Waals surface area (Å²) in [6, 6.07) is 0.296. The fraction of sp³-hybridized carbons (Fsp3) is 0.917. The second-order valence-corrected chi connectivity index (χ2v) is 11.0. The fourth-order valence-corrected chi connectivity index (χ4v) is 3.82. The monoisotopic (exact) mass is 457 g/mol. The maximum absolute atomic E-state index is 12.8. The Morgan fingerprint density at radius 3 is 2.25 bits per heavy atom. The van der Waals surface area contributed by atoms with E-state index in [1.807, 2.05) is 46.4 Å². The topological polar surface area (TPSA) is 91.3 Å². The van der Waals surface area contributed by atoms with Gasteiger partial charge in [-0.25, -0.2) is 9.59 Å². The van der Waals surface area contributed by atoms with Crippen LogP contribution >= 0.6 is 0 Å². The Kier molecular flexibility index (Phi) is 11.2. The molecule has 3 atom stereocenters. The molecule has 1 heterocycles. The zero-order chi connectivity index (χ0) is 24.5. The molecule has 0 spiro atoms. The lowest BCUT2D eigenvalue weighted by molar-refractivity contribution is 0.0134. The molecule has 1 fully saturated rings. The minimum absolute atomic E-state index is 0.134. The van der Waals surface area contributed by atoms with E-state index in [1.54, 1.807) is 6.92 Å². The first-order chi connectivity index (χ1) is 14.7. The Labute approximate surface area is 195 Å². The SMILES string of the molecule is CC(O)CN(CCNC(C)CC1CCCCCN1C(=O)OC(C)(C)C)C(=O)OC(C)(C)C. The van der Waals surface area contributed by atoms with Gasteiger partial charge in [-0.2, -0.15) is 0 Å². The van der Waals surface area contributed by atoms with E-state index >= 15 is 0 Å². The van der Waals surface area contributed by atoms with Gasteiger partial charge >= 0.3 is 12.2 Å². The van der Waals surface area contributed by atoms with Crippen molar-refractivity contribution in [1.29, 1.82) is 0 Å². The molecule has 0 aromatic rings. The van der Waals surface area contributed by atoms with Crippen LogP contribution in [-0.2, 0) is 9.47 Å². The van der Waals surface area contributed by atoms with E-state index in [0.29, 0.717) is 13.1 Å². The van der Waals surface area contributed by atoms with E-state index < -0.39 is 23.4 Å². The molecule has 0 aromatic heterocycles. The summed E-state index contributed by atoms with van der Waals surface area (Å²) in [5, 5.41) is 13.2. The van der Waals surface area contributed by atoms with Gasteiger partial charge in [0.15, 0.2) is 0 Å². The lowest BCUT2D eigenvalue weighted by Gasteiger charge is -2.34. The molecule has 3 unspecified atom stereocenters. The maximum atomic E-state index is 12.8. The molecular weight excluding hydrogens is 410 g/mol. The molecule has 8 nitrogen and oxygen atoms in total. The number of hydrogen-bond donors (Lipinski definition) is 2. The summed E-state index contributed by atoms with van der Waals surface area (Å²) in [6.45, 7) is 16.9. The number of ether oxygens (including phenoxy) is 2. The Morgan fingerprint density at radius 2 is 1.69 bits per heavy atom. The molecule has 0 radical (unpaired) electrons. The lowest BCUT2D eigenvalue weighted by Crippen LogP contribution is -2.47. The summed E-state index contributed by atoms with van der Waals surface area (Å²) in [5.74, 6) is 0. The van der Waals surface area contributed by atoms with Crippen molar-refractivity contribution in [3.63, 3.8) is 0 Å². The van der Waals surface area contributed by atoms with Crippen LogP contribution in [0.3, 0.4) is 0 Å². The van der Waals surface area contributed by atoms with Crippen LogP contribution in [0.25, 0.3) is 0 Å². The molecule has 8 heteroatoms. The van der Waals surface area contributed by atoms with Gasteiger partial charge in [0.05, 0.1) is 6.10 Å². The fourth-order valence-electron chi connectivity index (χ4n) is 3.82. The third kappa shape index (κ3) is 11.9. The molecule has 0 aromatic carbocycles. The van der Waals surface area contributed by atoms with Gasteiger partial charge in [-0.15, -0.1) is 0 Å². The van der Waals surface area contributed by atoms with Gasteiger partial charge in [0, 0.05) is 38.3 Å². The zero-order valence-corrected chi connectivity index (χ0v) is 21.6. The highest BCUT2D eigenvalue weighted by molar-refractivity contribution is 5.68. The van der Waals surface area contributed by atoms with Gasteiger partial charge in [0.25, 0.3) is 0 Å². The summed E-state index contributed by atoms with van der Waals surface area (Å²) >= 11 is 0. The van der Waals surface area contributed by atoms with Crippen LogP contribution in [0.15, 0.2) is 0 Å². The Balaban J connectivity index is 2.64. The third-order valence-corrected chi connectivity index (χ3v) is 5.14. The van der Waals surface area contributed by atoms with Gasteiger partial charge < -0.3 is 29.7 Å². The van der Waals surface area contributed by atoms with Gasteiger partial charge in [0.2, 0.25) is 0 Å². The first-order valence-corrected chi connectivity index (χ1v) is 12.1. The summed E-state index contributed by atoms with van der Waals surface area (Å²) in [7, 11) is 0. The van der Waals surface area contributed by atoms with Gasteiger partial charge in [-0.1, -0.05) is 12.8 Å². The average molecular weight is 458 g/mol. The lowest BCUT2D eigenvalue weighted by atomic mass is 10.0. The van der Waals surface area contributed by atoms with Crippen LogP contribution in [0, 0.1) is 0 Å². The highest BCUT2D eigenvalue weighted by atomic mass is 16.6. The number of rotatable bonds is 8. The van der Waals surface area contributed by atoms with E-state index in [9.17, 15) is 14.7 Å². The van der Waals surface area contributed by atoms with Crippen LogP contribution in [-0.4, -0.2) is 82.7 Å². The van der Waals surface area contributed by atoms with Crippen LogP contribution < -0.4 is 5.32 Å². The third-order valence-electron chi connectivity index (χ3n) is 5.14. The van der Waals surface area contributed by atoms with Crippen molar-refractivity contribution in [2.45, 2.75) is 117 Å². The second kappa shape index (κ2) is 12.6. The molecular formula is C24H47N3O5. The number of aliphatic hydroxyl groups is 1. The smallest absolute Gasteiger partial charge is 0.410 e.